The van der Waals surface area contributed by atoms with E-state index in [1.807, 2.05) is 0 Å². The third kappa shape index (κ3) is 6.49. The Hall–Kier alpha value is -3.49. The Morgan fingerprint density at radius 2 is 1.84 bits per heavy atom. The van der Waals surface area contributed by atoms with Crippen LogP contribution in [0.15, 0.2) is 41.9 Å². The van der Waals surface area contributed by atoms with E-state index in [-0.39, 0.29) is 28.1 Å². The van der Waals surface area contributed by atoms with Gasteiger partial charge in [-0.05, 0) is 54.8 Å². The lowest BCUT2D eigenvalue weighted by molar-refractivity contribution is -0.274. The molecule has 2 aliphatic rings. The molecule has 1 saturated heterocycles. The number of hydrogen-bond donors (Lipinski definition) is 2. The molecule has 3 aromatic rings. The lowest BCUT2D eigenvalue weighted by atomic mass is 10.1. The second-order valence-electron chi connectivity index (χ2n) is 9.13. The Balaban J connectivity index is 1.44. The molecule has 0 radical (unpaired) electrons. The topological polar surface area (TPSA) is 114 Å². The number of primary sulfonamides is 1. The van der Waals surface area contributed by atoms with Crippen LogP contribution in [0, 0.1) is 5.82 Å². The standard InChI is InChI=1S/C24H24F4N6O3S/c25-19-11-15(5-10-38(29,35)36)12-20-18(19)14-30-23(31-20)32-21-13-17(3-4-22(21)37-24(26,27)28)34-8-6-33(7-9-34)16-1-2-16/h3-5,10-14,16H,1-2,6-9H2,(H2,29,35,36)(H,30,31,32)/b10-5+. The van der Waals surface area contributed by atoms with E-state index in [0.29, 0.717) is 17.1 Å². The van der Waals surface area contributed by atoms with Crippen molar-refractivity contribution in [3.63, 3.8) is 0 Å². The molecule has 1 aromatic heterocycles. The first-order valence-electron chi connectivity index (χ1n) is 11.8. The fourth-order valence-electron chi connectivity index (χ4n) is 4.37. The largest absolute Gasteiger partial charge is 0.573 e. The minimum atomic E-state index is -4.92. The molecule has 0 spiro atoms. The van der Waals surface area contributed by atoms with Gasteiger partial charge in [0, 0.05) is 49.5 Å². The quantitative estimate of drug-likeness (QED) is 0.424. The molecule has 3 N–H and O–H groups in total. The number of nitrogens with two attached hydrogens (primary N) is 1. The van der Waals surface area contributed by atoms with Gasteiger partial charge >= 0.3 is 6.36 Å². The average molecular weight is 553 g/mol. The van der Waals surface area contributed by atoms with Gasteiger partial charge in [-0.15, -0.1) is 13.2 Å². The van der Waals surface area contributed by atoms with Gasteiger partial charge in [-0.2, -0.15) is 0 Å². The lowest BCUT2D eigenvalue weighted by Gasteiger charge is -2.36. The maximum Gasteiger partial charge on any atom is 0.573 e. The van der Waals surface area contributed by atoms with Crippen molar-refractivity contribution in [2.24, 2.45) is 5.14 Å². The van der Waals surface area contributed by atoms with Crippen molar-refractivity contribution in [1.29, 1.82) is 0 Å². The number of alkyl halides is 3. The van der Waals surface area contributed by atoms with Gasteiger partial charge < -0.3 is 15.0 Å². The van der Waals surface area contributed by atoms with Crippen molar-refractivity contribution in [1.82, 2.24) is 14.9 Å². The Morgan fingerprint density at radius 3 is 2.50 bits per heavy atom. The van der Waals surface area contributed by atoms with Gasteiger partial charge in [-0.25, -0.2) is 27.9 Å². The van der Waals surface area contributed by atoms with E-state index < -0.39 is 28.0 Å². The number of piperazine rings is 1. The predicted molar refractivity (Wildman–Crippen MR) is 135 cm³/mol. The molecule has 1 aliphatic heterocycles. The number of sulfonamides is 1. The zero-order chi connectivity index (χ0) is 27.1. The highest BCUT2D eigenvalue weighted by Gasteiger charge is 2.33. The van der Waals surface area contributed by atoms with E-state index in [4.69, 9.17) is 5.14 Å². The van der Waals surface area contributed by atoms with Crippen LogP contribution in [0.4, 0.5) is 34.9 Å². The molecular weight excluding hydrogens is 528 g/mol. The zero-order valence-electron chi connectivity index (χ0n) is 19.9. The van der Waals surface area contributed by atoms with Gasteiger partial charge in [0.15, 0.2) is 5.75 Å². The minimum absolute atomic E-state index is 0.0189. The Labute approximate surface area is 216 Å². The first kappa shape index (κ1) is 26.1. The number of fused-ring (bicyclic) bond motifs is 1. The third-order valence-electron chi connectivity index (χ3n) is 6.30. The first-order chi connectivity index (χ1) is 17.9. The number of ether oxygens (including phenoxy) is 1. The Morgan fingerprint density at radius 1 is 1.11 bits per heavy atom. The van der Waals surface area contributed by atoms with Crippen LogP contribution in [-0.4, -0.2) is 61.9 Å². The molecule has 9 nitrogen and oxygen atoms in total. The normalized spacial score (nSPS) is 17.3. The fraction of sp³-hybridized carbons (Fsp3) is 0.333. The molecule has 2 aromatic carbocycles. The Bertz CT molecular complexity index is 1490. The van der Waals surface area contributed by atoms with Crippen LogP contribution < -0.4 is 20.1 Å². The molecule has 1 aliphatic carbocycles. The van der Waals surface area contributed by atoms with Gasteiger partial charge in [-0.1, -0.05) is 0 Å². The second kappa shape index (κ2) is 10.0. The minimum Gasteiger partial charge on any atom is -0.404 e. The SMILES string of the molecule is NS(=O)(=O)/C=C/c1cc(F)c2cnc(Nc3cc(N4CCN(C5CC5)CC4)ccc3OC(F)(F)F)nc2c1. The highest BCUT2D eigenvalue weighted by molar-refractivity contribution is 7.92. The van der Waals surface area contributed by atoms with Crippen LogP contribution in [0.2, 0.25) is 0 Å². The molecule has 2 heterocycles. The number of halogens is 4. The average Bonchev–Trinajstić information content (AvgIpc) is 3.68. The van der Waals surface area contributed by atoms with Crippen molar-refractivity contribution in [3.05, 3.63) is 53.3 Å². The second-order valence-corrected chi connectivity index (χ2v) is 10.6. The van der Waals surface area contributed by atoms with Crippen molar-refractivity contribution >= 4 is 44.3 Å². The highest BCUT2D eigenvalue weighted by atomic mass is 32.2. The number of hydrogen-bond acceptors (Lipinski definition) is 8. The fourth-order valence-corrected chi connectivity index (χ4v) is 4.72. The van der Waals surface area contributed by atoms with Gasteiger partial charge in [-0.3, -0.25) is 4.90 Å². The number of aromatic nitrogens is 2. The number of anilines is 3. The number of rotatable bonds is 7. The maximum atomic E-state index is 14.5. The molecule has 0 unspecified atom stereocenters. The molecule has 2 fully saturated rings. The monoisotopic (exact) mass is 552 g/mol. The summed E-state index contributed by atoms with van der Waals surface area (Å²) in [6.45, 7) is 3.21. The van der Waals surface area contributed by atoms with Crippen molar-refractivity contribution in [2.75, 3.05) is 36.4 Å². The maximum absolute atomic E-state index is 14.5. The summed E-state index contributed by atoms with van der Waals surface area (Å²) in [5.41, 5.74) is 0.957. The lowest BCUT2D eigenvalue weighted by Crippen LogP contribution is -2.47. The molecule has 0 atom stereocenters. The molecule has 38 heavy (non-hydrogen) atoms. The summed E-state index contributed by atoms with van der Waals surface area (Å²) in [7, 11) is -3.94. The molecule has 0 bridgehead atoms. The predicted octanol–water partition coefficient (Wildman–Crippen LogP) is 3.95. The molecular formula is C24H24F4N6O3S. The van der Waals surface area contributed by atoms with Gasteiger partial charge in [0.25, 0.3) is 0 Å². The molecule has 202 valence electrons. The van der Waals surface area contributed by atoms with Crippen LogP contribution >= 0.6 is 0 Å². The van der Waals surface area contributed by atoms with Crippen molar-refractivity contribution in [2.45, 2.75) is 25.2 Å². The smallest absolute Gasteiger partial charge is 0.404 e. The van der Waals surface area contributed by atoms with Crippen LogP contribution in [0.25, 0.3) is 17.0 Å². The van der Waals surface area contributed by atoms with Crippen LogP contribution in [0.1, 0.15) is 18.4 Å². The Kier molecular flexibility index (Phi) is 6.88. The first-order valence-corrected chi connectivity index (χ1v) is 13.4. The van der Waals surface area contributed by atoms with Gasteiger partial charge in [0.1, 0.15) is 5.82 Å². The number of nitrogens with zero attached hydrogens (tertiary/aromatic N) is 4. The summed E-state index contributed by atoms with van der Waals surface area (Å²) >= 11 is 0. The summed E-state index contributed by atoms with van der Waals surface area (Å²) in [4.78, 5) is 12.8. The summed E-state index contributed by atoms with van der Waals surface area (Å²) < 4.78 is 80.4. The molecule has 1 saturated carbocycles. The van der Waals surface area contributed by atoms with E-state index in [0.717, 1.165) is 38.3 Å². The number of benzene rings is 2. The molecule has 0 amide bonds. The van der Waals surface area contributed by atoms with Crippen LogP contribution in [0.3, 0.4) is 0 Å². The summed E-state index contributed by atoms with van der Waals surface area (Å²) in [5, 5.41) is 8.46. The summed E-state index contributed by atoms with van der Waals surface area (Å²) in [5.74, 6) is -1.29. The van der Waals surface area contributed by atoms with Gasteiger partial charge in [0.2, 0.25) is 16.0 Å². The zero-order valence-corrected chi connectivity index (χ0v) is 20.8. The van der Waals surface area contributed by atoms with E-state index in [1.165, 1.54) is 37.2 Å². The van der Waals surface area contributed by atoms with Crippen molar-refractivity contribution < 1.29 is 30.7 Å². The van der Waals surface area contributed by atoms with E-state index in [2.05, 4.69) is 29.8 Å². The third-order valence-corrected chi connectivity index (χ3v) is 6.82. The van der Waals surface area contributed by atoms with E-state index >= 15 is 0 Å². The van der Waals surface area contributed by atoms with E-state index in [1.54, 1.807) is 6.07 Å². The summed E-state index contributed by atoms with van der Waals surface area (Å²) in [6, 6.07) is 7.46. The number of nitrogens with one attached hydrogen (secondary N) is 1. The van der Waals surface area contributed by atoms with E-state index in [9.17, 15) is 26.0 Å². The molecule has 5 rings (SSSR count). The van der Waals surface area contributed by atoms with Crippen LogP contribution in [-0.2, 0) is 10.0 Å². The molecule has 14 heteroatoms. The van der Waals surface area contributed by atoms with Gasteiger partial charge in [0.05, 0.1) is 16.6 Å². The highest BCUT2D eigenvalue weighted by Crippen LogP contribution is 2.36. The van der Waals surface area contributed by atoms with Crippen molar-refractivity contribution in [3.8, 4) is 5.75 Å². The van der Waals surface area contributed by atoms with Crippen LogP contribution in [0.5, 0.6) is 5.75 Å². The summed E-state index contributed by atoms with van der Waals surface area (Å²) in [6.07, 6.45) is -0.229.